The number of fused-ring (bicyclic) bond motifs is 1. The molecule has 0 radical (unpaired) electrons. The summed E-state index contributed by atoms with van der Waals surface area (Å²) in [4.78, 5) is 13.7. The number of hydrogen-bond donors (Lipinski definition) is 1. The molecule has 2 fully saturated rings. The van der Waals surface area contributed by atoms with Crippen LogP contribution in [-0.4, -0.2) is 41.7 Å². The molecule has 4 nitrogen and oxygen atoms in total. The molecule has 1 heterocycles. The van der Waals surface area contributed by atoms with Crippen molar-refractivity contribution >= 4 is 5.97 Å². The van der Waals surface area contributed by atoms with Gasteiger partial charge < -0.3 is 14.7 Å². The van der Waals surface area contributed by atoms with Crippen molar-refractivity contribution in [1.29, 1.82) is 0 Å². The van der Waals surface area contributed by atoms with E-state index in [1.807, 2.05) is 0 Å². The maximum atomic E-state index is 11.2. The molecule has 1 aromatic carbocycles. The van der Waals surface area contributed by atoms with Crippen molar-refractivity contribution in [2.75, 3.05) is 19.6 Å². The highest BCUT2D eigenvalue weighted by molar-refractivity contribution is 5.70. The van der Waals surface area contributed by atoms with Crippen molar-refractivity contribution in [1.82, 2.24) is 4.90 Å². The Morgan fingerprint density at radius 2 is 1.74 bits per heavy atom. The number of benzene rings is 1. The van der Waals surface area contributed by atoms with Gasteiger partial charge in [-0.2, -0.15) is 0 Å². The van der Waals surface area contributed by atoms with E-state index in [9.17, 15) is 9.90 Å². The van der Waals surface area contributed by atoms with Crippen LogP contribution in [0.1, 0.15) is 76.8 Å². The van der Waals surface area contributed by atoms with Gasteiger partial charge in [0.05, 0.1) is 12.0 Å². The zero-order chi connectivity index (χ0) is 22.0. The maximum absolute atomic E-state index is 11.2. The van der Waals surface area contributed by atoms with E-state index in [0.717, 1.165) is 57.0 Å². The van der Waals surface area contributed by atoms with Gasteiger partial charge in [0.1, 0.15) is 5.75 Å². The summed E-state index contributed by atoms with van der Waals surface area (Å²) in [5.74, 6) is 1.82. The summed E-state index contributed by atoms with van der Waals surface area (Å²) >= 11 is 0. The van der Waals surface area contributed by atoms with Crippen LogP contribution in [0, 0.1) is 23.2 Å². The first kappa shape index (κ1) is 22.6. The van der Waals surface area contributed by atoms with E-state index in [1.54, 1.807) is 0 Å². The third kappa shape index (κ3) is 5.83. The maximum Gasteiger partial charge on any atom is 0.306 e. The van der Waals surface area contributed by atoms with E-state index >= 15 is 0 Å². The predicted molar refractivity (Wildman–Crippen MR) is 125 cm³/mol. The molecule has 1 aliphatic heterocycles. The molecule has 1 N–H and O–H groups in total. The average Bonchev–Trinajstić information content (AvgIpc) is 2.74. The number of aliphatic carboxylic acids is 1. The normalized spacial score (nSPS) is 28.2. The monoisotopic (exact) mass is 427 g/mol. The van der Waals surface area contributed by atoms with Crippen molar-refractivity contribution in [2.24, 2.45) is 23.2 Å². The average molecular weight is 428 g/mol. The Morgan fingerprint density at radius 1 is 1.03 bits per heavy atom. The van der Waals surface area contributed by atoms with Gasteiger partial charge in [-0.3, -0.25) is 4.79 Å². The number of likely N-dealkylation sites (tertiary alicyclic amines) is 1. The molecule has 1 aromatic rings. The van der Waals surface area contributed by atoms with Crippen LogP contribution in [0.3, 0.4) is 0 Å². The quantitative estimate of drug-likeness (QED) is 0.667. The van der Waals surface area contributed by atoms with Crippen LogP contribution in [0.5, 0.6) is 5.75 Å². The van der Waals surface area contributed by atoms with Gasteiger partial charge in [-0.25, -0.2) is 0 Å². The number of carbonyl (C=O) groups is 1. The molecule has 0 amide bonds. The molecule has 1 atom stereocenters. The molecule has 1 unspecified atom stereocenters. The summed E-state index contributed by atoms with van der Waals surface area (Å²) < 4.78 is 6.40. The second-order valence-corrected chi connectivity index (χ2v) is 11.4. The number of carboxylic acids is 1. The lowest BCUT2D eigenvalue weighted by atomic mass is 9.72. The molecular weight excluding hydrogens is 386 g/mol. The van der Waals surface area contributed by atoms with Gasteiger partial charge in [-0.1, -0.05) is 26.8 Å². The summed E-state index contributed by atoms with van der Waals surface area (Å²) in [6.45, 7) is 10.1. The number of aryl methyl sites for hydroxylation is 1. The summed E-state index contributed by atoms with van der Waals surface area (Å²) in [7, 11) is 0. The summed E-state index contributed by atoms with van der Waals surface area (Å²) in [5, 5.41) is 9.20. The van der Waals surface area contributed by atoms with Crippen molar-refractivity contribution in [3.05, 3.63) is 29.3 Å². The highest BCUT2D eigenvalue weighted by Crippen LogP contribution is 2.39. The molecule has 2 aliphatic carbocycles. The molecule has 0 aromatic heterocycles. The fourth-order valence-electron chi connectivity index (χ4n) is 6.00. The lowest BCUT2D eigenvalue weighted by molar-refractivity contribution is -0.143. The third-order valence-corrected chi connectivity index (χ3v) is 8.16. The van der Waals surface area contributed by atoms with Crippen LogP contribution in [0.2, 0.25) is 0 Å². The Balaban J connectivity index is 1.26. The van der Waals surface area contributed by atoms with Crippen molar-refractivity contribution in [3.8, 4) is 5.75 Å². The van der Waals surface area contributed by atoms with Gasteiger partial charge in [0.2, 0.25) is 0 Å². The highest BCUT2D eigenvalue weighted by atomic mass is 16.5. The van der Waals surface area contributed by atoms with Gasteiger partial charge >= 0.3 is 5.97 Å². The summed E-state index contributed by atoms with van der Waals surface area (Å²) in [6.07, 6.45) is 10.4. The Labute approximate surface area is 188 Å². The van der Waals surface area contributed by atoms with Gasteiger partial charge in [0.25, 0.3) is 0 Å². The van der Waals surface area contributed by atoms with Gasteiger partial charge in [-0.05, 0) is 111 Å². The summed E-state index contributed by atoms with van der Waals surface area (Å²) in [6, 6.07) is 6.80. The molecule has 31 heavy (non-hydrogen) atoms. The molecule has 0 spiro atoms. The SMILES string of the molecule is CC(C)(C)C1CCC(Oc2ccc3c(c2)CCC(CN2CCC(C(=O)O)CC2)C3)CC1. The number of rotatable bonds is 5. The minimum atomic E-state index is -0.619. The highest BCUT2D eigenvalue weighted by Gasteiger charge is 2.31. The number of nitrogens with zero attached hydrogens (tertiary/aromatic N) is 1. The number of ether oxygens (including phenoxy) is 1. The molecule has 1 saturated heterocycles. The van der Waals surface area contributed by atoms with Crippen LogP contribution in [0.15, 0.2) is 18.2 Å². The van der Waals surface area contributed by atoms with Crippen molar-refractivity contribution < 1.29 is 14.6 Å². The number of piperidine rings is 1. The minimum absolute atomic E-state index is 0.134. The van der Waals surface area contributed by atoms with Gasteiger partial charge in [-0.15, -0.1) is 0 Å². The molecular formula is C27H41NO3. The first-order valence-corrected chi connectivity index (χ1v) is 12.5. The summed E-state index contributed by atoms with van der Waals surface area (Å²) in [5.41, 5.74) is 3.38. The predicted octanol–water partition coefficient (Wildman–Crippen LogP) is 5.57. The van der Waals surface area contributed by atoms with Crippen LogP contribution in [-0.2, 0) is 17.6 Å². The van der Waals surface area contributed by atoms with Gasteiger partial charge in [0.15, 0.2) is 0 Å². The minimum Gasteiger partial charge on any atom is -0.490 e. The third-order valence-electron chi connectivity index (χ3n) is 8.16. The molecule has 4 heteroatoms. The van der Waals surface area contributed by atoms with E-state index in [4.69, 9.17) is 4.74 Å². The Kier molecular flexibility index (Phi) is 6.95. The number of hydrogen-bond acceptors (Lipinski definition) is 3. The zero-order valence-corrected chi connectivity index (χ0v) is 19.7. The molecule has 172 valence electrons. The van der Waals surface area contributed by atoms with E-state index in [-0.39, 0.29) is 5.92 Å². The van der Waals surface area contributed by atoms with E-state index in [2.05, 4.69) is 43.9 Å². The van der Waals surface area contributed by atoms with Crippen molar-refractivity contribution in [2.45, 2.75) is 84.7 Å². The van der Waals surface area contributed by atoms with Gasteiger partial charge in [0, 0.05) is 6.54 Å². The Bertz CT molecular complexity index is 752. The van der Waals surface area contributed by atoms with Crippen LogP contribution < -0.4 is 4.74 Å². The second kappa shape index (κ2) is 9.52. The molecule has 0 bridgehead atoms. The lowest BCUT2D eigenvalue weighted by Crippen LogP contribution is -2.40. The van der Waals surface area contributed by atoms with Crippen LogP contribution in [0.25, 0.3) is 0 Å². The molecule has 4 rings (SSSR count). The largest absolute Gasteiger partial charge is 0.490 e. The topological polar surface area (TPSA) is 49.8 Å². The van der Waals surface area contributed by atoms with E-state index < -0.39 is 5.97 Å². The van der Waals surface area contributed by atoms with Crippen LogP contribution >= 0.6 is 0 Å². The lowest BCUT2D eigenvalue weighted by Gasteiger charge is -2.37. The zero-order valence-electron chi connectivity index (χ0n) is 19.7. The molecule has 3 aliphatic rings. The Morgan fingerprint density at radius 3 is 2.39 bits per heavy atom. The standard InChI is InChI=1S/C27H41NO3/c1-27(2,3)23-7-10-24(11-8-23)31-25-9-6-21-16-19(4-5-22(21)17-25)18-28-14-12-20(13-15-28)26(29)30/h6,9,17,19-20,23-24H,4-5,7-8,10-16,18H2,1-3H3,(H,29,30). The van der Waals surface area contributed by atoms with Crippen LogP contribution in [0.4, 0.5) is 0 Å². The second-order valence-electron chi connectivity index (χ2n) is 11.4. The first-order valence-electron chi connectivity index (χ1n) is 12.5. The van der Waals surface area contributed by atoms with E-state index in [0.29, 0.717) is 17.4 Å². The van der Waals surface area contributed by atoms with E-state index in [1.165, 1.54) is 43.2 Å². The Hall–Kier alpha value is -1.55. The fraction of sp³-hybridized carbons (Fsp3) is 0.741. The molecule has 1 saturated carbocycles. The smallest absolute Gasteiger partial charge is 0.306 e. The number of carboxylic acid groups (broad SMARTS) is 1. The fourth-order valence-corrected chi connectivity index (χ4v) is 6.00. The van der Waals surface area contributed by atoms with Crippen molar-refractivity contribution in [3.63, 3.8) is 0 Å². The first-order chi connectivity index (χ1) is 14.8.